The predicted molar refractivity (Wildman–Crippen MR) is 72.7 cm³/mol. The van der Waals surface area contributed by atoms with E-state index in [2.05, 4.69) is 33.6 Å². The summed E-state index contributed by atoms with van der Waals surface area (Å²) in [6, 6.07) is 3.93. The van der Waals surface area contributed by atoms with Gasteiger partial charge in [0.2, 0.25) is 0 Å². The summed E-state index contributed by atoms with van der Waals surface area (Å²) in [6.45, 7) is 4.46. The van der Waals surface area contributed by atoms with Gasteiger partial charge >= 0.3 is 0 Å². The molecule has 4 nitrogen and oxygen atoms in total. The van der Waals surface area contributed by atoms with Gasteiger partial charge in [-0.3, -0.25) is 14.6 Å². The molecule has 0 amide bonds. The summed E-state index contributed by atoms with van der Waals surface area (Å²) >= 11 is 5.39. The minimum Gasteiger partial charge on any atom is -0.294 e. The number of nitrogens with zero attached hydrogens (tertiary/aromatic N) is 3. The van der Waals surface area contributed by atoms with Crippen molar-refractivity contribution in [1.82, 2.24) is 19.7 Å². The molecule has 1 N–H and O–H groups in total. The van der Waals surface area contributed by atoms with Crippen LogP contribution >= 0.6 is 12.2 Å². The Labute approximate surface area is 111 Å². The summed E-state index contributed by atoms with van der Waals surface area (Å²) in [5.74, 6) is 1.57. The van der Waals surface area contributed by atoms with Gasteiger partial charge in [-0.2, -0.15) is 5.10 Å². The zero-order valence-corrected chi connectivity index (χ0v) is 11.4. The van der Waals surface area contributed by atoms with E-state index in [-0.39, 0.29) is 5.54 Å². The molecule has 1 aliphatic rings. The van der Waals surface area contributed by atoms with E-state index >= 15 is 0 Å². The van der Waals surface area contributed by atoms with Gasteiger partial charge in [0.25, 0.3) is 0 Å². The number of aromatic amines is 1. The maximum absolute atomic E-state index is 5.39. The Bertz CT molecular complexity index is 607. The van der Waals surface area contributed by atoms with Crippen molar-refractivity contribution in [2.24, 2.45) is 5.92 Å². The number of hydrogen-bond acceptors (Lipinski definition) is 3. The van der Waals surface area contributed by atoms with E-state index in [0.29, 0.717) is 10.7 Å². The summed E-state index contributed by atoms with van der Waals surface area (Å²) in [6.07, 6.45) is 6.13. The van der Waals surface area contributed by atoms with Gasteiger partial charge in [-0.05, 0) is 57.0 Å². The molecule has 2 aromatic heterocycles. The van der Waals surface area contributed by atoms with Crippen molar-refractivity contribution >= 4 is 12.2 Å². The highest BCUT2D eigenvalue weighted by atomic mass is 32.1. The van der Waals surface area contributed by atoms with Crippen molar-refractivity contribution < 1.29 is 0 Å². The van der Waals surface area contributed by atoms with Crippen molar-refractivity contribution in [2.45, 2.75) is 32.2 Å². The van der Waals surface area contributed by atoms with Crippen molar-refractivity contribution in [3.05, 3.63) is 29.3 Å². The smallest absolute Gasteiger partial charge is 0.195 e. The van der Waals surface area contributed by atoms with Gasteiger partial charge in [0, 0.05) is 23.5 Å². The number of hydrogen-bond donors (Lipinski definition) is 1. The minimum atomic E-state index is 0.00918. The summed E-state index contributed by atoms with van der Waals surface area (Å²) < 4.78 is 2.82. The third-order valence-electron chi connectivity index (χ3n) is 3.74. The second-order valence-electron chi connectivity index (χ2n) is 5.36. The van der Waals surface area contributed by atoms with E-state index in [0.717, 1.165) is 11.4 Å². The number of rotatable bonds is 3. The van der Waals surface area contributed by atoms with Crippen molar-refractivity contribution in [1.29, 1.82) is 0 Å². The van der Waals surface area contributed by atoms with Crippen LogP contribution in [0.4, 0.5) is 0 Å². The molecule has 0 radical (unpaired) electrons. The molecule has 1 saturated carbocycles. The predicted octanol–water partition coefficient (Wildman–Crippen LogP) is 3.15. The molecule has 1 aliphatic carbocycles. The summed E-state index contributed by atoms with van der Waals surface area (Å²) in [7, 11) is 0. The number of nitrogens with one attached hydrogen (secondary N) is 1. The lowest BCUT2D eigenvalue weighted by Gasteiger charge is -2.27. The topological polar surface area (TPSA) is 46.5 Å². The monoisotopic (exact) mass is 260 g/mol. The quantitative estimate of drug-likeness (QED) is 0.862. The van der Waals surface area contributed by atoms with Crippen LogP contribution in [0.15, 0.2) is 24.5 Å². The van der Waals surface area contributed by atoms with Crippen LogP contribution in [0, 0.1) is 10.7 Å². The molecule has 5 heteroatoms. The molecule has 0 spiro atoms. The van der Waals surface area contributed by atoms with Crippen LogP contribution in [0.5, 0.6) is 0 Å². The van der Waals surface area contributed by atoms with Gasteiger partial charge in [0.1, 0.15) is 0 Å². The van der Waals surface area contributed by atoms with Crippen LogP contribution in [0.1, 0.15) is 26.7 Å². The number of pyridine rings is 1. The molecule has 2 aromatic rings. The van der Waals surface area contributed by atoms with E-state index in [4.69, 9.17) is 12.2 Å². The molecular weight excluding hydrogens is 244 g/mol. The highest BCUT2D eigenvalue weighted by Crippen LogP contribution is 2.45. The molecule has 0 unspecified atom stereocenters. The molecule has 0 aliphatic heterocycles. The Morgan fingerprint density at radius 3 is 2.83 bits per heavy atom. The fourth-order valence-corrected chi connectivity index (χ4v) is 2.86. The third-order valence-corrected chi connectivity index (χ3v) is 4.02. The van der Waals surface area contributed by atoms with Crippen LogP contribution in [0.2, 0.25) is 0 Å². The minimum absolute atomic E-state index is 0.00918. The van der Waals surface area contributed by atoms with Crippen LogP contribution in [-0.4, -0.2) is 19.7 Å². The van der Waals surface area contributed by atoms with Crippen LogP contribution < -0.4 is 0 Å². The van der Waals surface area contributed by atoms with Gasteiger partial charge in [-0.15, -0.1) is 0 Å². The second kappa shape index (κ2) is 4.02. The zero-order chi connectivity index (χ0) is 12.8. The first-order valence-corrected chi connectivity index (χ1v) is 6.60. The van der Waals surface area contributed by atoms with Crippen molar-refractivity contribution in [2.75, 3.05) is 0 Å². The lowest BCUT2D eigenvalue weighted by atomic mass is 9.98. The van der Waals surface area contributed by atoms with Crippen molar-refractivity contribution in [3.8, 4) is 11.4 Å². The first-order valence-electron chi connectivity index (χ1n) is 6.19. The van der Waals surface area contributed by atoms with Gasteiger partial charge in [0.05, 0.1) is 0 Å². The first kappa shape index (κ1) is 11.6. The van der Waals surface area contributed by atoms with Gasteiger partial charge in [-0.1, -0.05) is 0 Å². The molecule has 18 heavy (non-hydrogen) atoms. The number of aromatic nitrogens is 4. The standard InChI is InChI=1S/C13H16N4S/c1-13(2,10-5-6-10)17-11(15-16-12(17)18)9-4-3-7-14-8-9/h3-4,7-8,10H,5-6H2,1-2H3,(H,16,18). The molecule has 0 bridgehead atoms. The van der Waals surface area contributed by atoms with E-state index in [1.807, 2.05) is 18.3 Å². The van der Waals surface area contributed by atoms with Crippen molar-refractivity contribution in [3.63, 3.8) is 0 Å². The molecule has 3 rings (SSSR count). The van der Waals surface area contributed by atoms with E-state index in [1.165, 1.54) is 12.8 Å². The highest BCUT2D eigenvalue weighted by molar-refractivity contribution is 7.71. The summed E-state index contributed by atoms with van der Waals surface area (Å²) in [5.41, 5.74) is 1.01. The van der Waals surface area contributed by atoms with Crippen LogP contribution in [0.25, 0.3) is 11.4 Å². The van der Waals surface area contributed by atoms with Crippen LogP contribution in [-0.2, 0) is 5.54 Å². The molecule has 0 saturated heterocycles. The largest absolute Gasteiger partial charge is 0.294 e. The Morgan fingerprint density at radius 1 is 1.44 bits per heavy atom. The molecule has 94 valence electrons. The summed E-state index contributed by atoms with van der Waals surface area (Å²) in [5, 5.41) is 7.28. The Kier molecular flexibility index (Phi) is 2.59. The lowest BCUT2D eigenvalue weighted by Crippen LogP contribution is -2.29. The fourth-order valence-electron chi connectivity index (χ4n) is 2.49. The third kappa shape index (κ3) is 1.79. The van der Waals surface area contributed by atoms with Crippen LogP contribution in [0.3, 0.4) is 0 Å². The van der Waals surface area contributed by atoms with E-state index in [1.54, 1.807) is 6.20 Å². The lowest BCUT2D eigenvalue weighted by molar-refractivity contribution is 0.303. The Hall–Kier alpha value is -1.49. The normalized spacial score (nSPS) is 15.9. The molecule has 1 fully saturated rings. The molecular formula is C13H16N4S. The zero-order valence-electron chi connectivity index (χ0n) is 10.6. The second-order valence-corrected chi connectivity index (χ2v) is 5.74. The van der Waals surface area contributed by atoms with Gasteiger partial charge in [0.15, 0.2) is 10.6 Å². The molecule has 0 aromatic carbocycles. The average molecular weight is 260 g/mol. The average Bonchev–Trinajstić information content (AvgIpc) is 3.14. The summed E-state index contributed by atoms with van der Waals surface area (Å²) in [4.78, 5) is 4.15. The maximum atomic E-state index is 5.39. The Morgan fingerprint density at radius 2 is 2.22 bits per heavy atom. The first-order chi connectivity index (χ1) is 8.60. The molecule has 2 heterocycles. The Balaban J connectivity index is 2.15. The van der Waals surface area contributed by atoms with E-state index < -0.39 is 0 Å². The van der Waals surface area contributed by atoms with Gasteiger partial charge in [-0.25, -0.2) is 0 Å². The van der Waals surface area contributed by atoms with Gasteiger partial charge < -0.3 is 0 Å². The molecule has 0 atom stereocenters. The number of H-pyrrole nitrogens is 1. The maximum Gasteiger partial charge on any atom is 0.195 e. The van der Waals surface area contributed by atoms with E-state index in [9.17, 15) is 0 Å². The fraction of sp³-hybridized carbons (Fsp3) is 0.462. The SMILES string of the molecule is CC(C)(C1CC1)n1c(-c2cccnc2)n[nH]c1=S. The highest BCUT2D eigenvalue weighted by Gasteiger charge is 2.41.